The molecule has 0 bridgehead atoms. The minimum absolute atomic E-state index is 0.456. The van der Waals surface area contributed by atoms with E-state index in [9.17, 15) is 4.79 Å². The first-order valence-corrected chi connectivity index (χ1v) is 5.64. The van der Waals surface area contributed by atoms with Crippen LogP contribution in [0, 0.1) is 6.92 Å². The van der Waals surface area contributed by atoms with Crippen molar-refractivity contribution in [3.8, 4) is 11.4 Å². The molecule has 3 aromatic heterocycles. The van der Waals surface area contributed by atoms with Gasteiger partial charge in [0.15, 0.2) is 6.29 Å². The second-order valence-corrected chi connectivity index (χ2v) is 4.14. The van der Waals surface area contributed by atoms with Gasteiger partial charge in [0.2, 0.25) is 0 Å². The average Bonchev–Trinajstić information content (AvgIpc) is 2.77. The van der Waals surface area contributed by atoms with Crippen molar-refractivity contribution >= 4 is 11.8 Å². The third kappa shape index (κ3) is 1.59. The monoisotopic (exact) mass is 237 g/mol. The highest BCUT2D eigenvalue weighted by Crippen LogP contribution is 2.21. The lowest BCUT2D eigenvalue weighted by Crippen LogP contribution is -1.89. The highest BCUT2D eigenvalue weighted by molar-refractivity contribution is 5.86. The summed E-state index contributed by atoms with van der Waals surface area (Å²) in [7, 11) is 0. The number of imidazole rings is 1. The summed E-state index contributed by atoms with van der Waals surface area (Å²) in [4.78, 5) is 19.5. The zero-order chi connectivity index (χ0) is 12.5. The van der Waals surface area contributed by atoms with Gasteiger partial charge in [-0.1, -0.05) is 0 Å². The topological polar surface area (TPSA) is 47.3 Å². The molecule has 0 aromatic carbocycles. The number of pyridine rings is 2. The molecule has 0 saturated carbocycles. The lowest BCUT2D eigenvalue weighted by atomic mass is 10.2. The number of hydrogen-bond acceptors (Lipinski definition) is 3. The fourth-order valence-corrected chi connectivity index (χ4v) is 2.00. The van der Waals surface area contributed by atoms with Gasteiger partial charge in [-0.05, 0) is 36.8 Å². The second-order valence-electron chi connectivity index (χ2n) is 4.14. The van der Waals surface area contributed by atoms with Gasteiger partial charge in [-0.2, -0.15) is 0 Å². The number of aryl methyl sites for hydroxylation is 1. The number of hydrogen-bond donors (Lipinski definition) is 0. The van der Waals surface area contributed by atoms with Gasteiger partial charge in [0, 0.05) is 24.2 Å². The van der Waals surface area contributed by atoms with Crippen LogP contribution in [-0.4, -0.2) is 20.7 Å². The second kappa shape index (κ2) is 4.07. The molecule has 88 valence electrons. The molecule has 0 aliphatic heterocycles. The Balaban J connectivity index is 2.34. The van der Waals surface area contributed by atoms with E-state index in [1.807, 2.05) is 41.8 Å². The molecule has 0 radical (unpaired) electrons. The quantitative estimate of drug-likeness (QED) is 0.643. The number of fused-ring (bicyclic) bond motifs is 1. The van der Waals surface area contributed by atoms with E-state index < -0.39 is 0 Å². The molecule has 3 rings (SSSR count). The summed E-state index contributed by atoms with van der Waals surface area (Å²) < 4.78 is 1.91. The van der Waals surface area contributed by atoms with Crippen molar-refractivity contribution in [3.63, 3.8) is 0 Å². The summed E-state index contributed by atoms with van der Waals surface area (Å²) in [5, 5.41) is 0. The molecular weight excluding hydrogens is 226 g/mol. The molecule has 0 amide bonds. The van der Waals surface area contributed by atoms with Gasteiger partial charge < -0.3 is 0 Å². The summed E-state index contributed by atoms with van der Waals surface area (Å²) >= 11 is 0. The van der Waals surface area contributed by atoms with Gasteiger partial charge in [-0.15, -0.1) is 0 Å². The van der Waals surface area contributed by atoms with Crippen LogP contribution in [0.5, 0.6) is 0 Å². The molecule has 3 heterocycles. The van der Waals surface area contributed by atoms with Crippen LogP contribution in [0.2, 0.25) is 0 Å². The van der Waals surface area contributed by atoms with Gasteiger partial charge in [-0.25, -0.2) is 4.98 Å². The maximum atomic E-state index is 11.1. The molecule has 0 N–H and O–H groups in total. The third-order valence-corrected chi connectivity index (χ3v) is 2.86. The first-order valence-electron chi connectivity index (χ1n) is 5.64. The van der Waals surface area contributed by atoms with Crippen LogP contribution in [-0.2, 0) is 0 Å². The first-order chi connectivity index (χ1) is 8.79. The maximum absolute atomic E-state index is 11.1. The van der Waals surface area contributed by atoms with E-state index in [4.69, 9.17) is 0 Å². The summed E-state index contributed by atoms with van der Waals surface area (Å²) in [6, 6.07) is 7.72. The standard InChI is InChI=1S/C14H11N3O/c1-10-4-6-17-13(7-10)12(9-18)16-14(17)11-3-2-5-15-8-11/h2-9H,1H3. The first kappa shape index (κ1) is 10.7. The van der Waals surface area contributed by atoms with Gasteiger partial charge in [0.1, 0.15) is 11.5 Å². The van der Waals surface area contributed by atoms with Crippen LogP contribution < -0.4 is 0 Å². The smallest absolute Gasteiger partial charge is 0.170 e. The molecule has 4 nitrogen and oxygen atoms in total. The molecule has 0 saturated heterocycles. The molecule has 0 aliphatic rings. The molecule has 0 aliphatic carbocycles. The Morgan fingerprint density at radius 1 is 1.33 bits per heavy atom. The fraction of sp³-hybridized carbons (Fsp3) is 0.0714. The summed E-state index contributed by atoms with van der Waals surface area (Å²) in [5.74, 6) is 0.736. The molecule has 18 heavy (non-hydrogen) atoms. The van der Waals surface area contributed by atoms with E-state index in [-0.39, 0.29) is 0 Å². The van der Waals surface area contributed by atoms with Crippen molar-refractivity contribution in [2.24, 2.45) is 0 Å². The summed E-state index contributed by atoms with van der Waals surface area (Å²) in [6.45, 7) is 1.99. The number of rotatable bonds is 2. The normalized spacial score (nSPS) is 10.7. The Kier molecular flexibility index (Phi) is 2.41. The fourth-order valence-electron chi connectivity index (χ4n) is 2.00. The van der Waals surface area contributed by atoms with Crippen LogP contribution in [0.4, 0.5) is 0 Å². The number of nitrogens with zero attached hydrogens (tertiary/aromatic N) is 3. The van der Waals surface area contributed by atoms with E-state index in [0.29, 0.717) is 5.69 Å². The molecule has 0 atom stereocenters. The Bertz CT molecular complexity index is 716. The van der Waals surface area contributed by atoms with Gasteiger partial charge in [0.05, 0.1) is 5.52 Å². The Hall–Kier alpha value is -2.49. The van der Waals surface area contributed by atoms with Gasteiger partial charge in [-0.3, -0.25) is 14.2 Å². The van der Waals surface area contributed by atoms with Crippen LogP contribution in [0.15, 0.2) is 42.9 Å². The Morgan fingerprint density at radius 3 is 2.94 bits per heavy atom. The Morgan fingerprint density at radius 2 is 2.22 bits per heavy atom. The van der Waals surface area contributed by atoms with Crippen LogP contribution in [0.25, 0.3) is 16.9 Å². The van der Waals surface area contributed by atoms with E-state index in [1.165, 1.54) is 0 Å². The highest BCUT2D eigenvalue weighted by Gasteiger charge is 2.11. The van der Waals surface area contributed by atoms with Crippen molar-refractivity contribution in [1.29, 1.82) is 0 Å². The summed E-state index contributed by atoms with van der Waals surface area (Å²) in [6.07, 6.45) is 6.16. The predicted molar refractivity (Wildman–Crippen MR) is 68.5 cm³/mol. The van der Waals surface area contributed by atoms with Crippen molar-refractivity contribution in [3.05, 3.63) is 54.1 Å². The molecule has 0 spiro atoms. The van der Waals surface area contributed by atoms with Gasteiger partial charge in [0.25, 0.3) is 0 Å². The van der Waals surface area contributed by atoms with Crippen molar-refractivity contribution in [2.75, 3.05) is 0 Å². The minimum atomic E-state index is 0.456. The minimum Gasteiger partial charge on any atom is -0.299 e. The van der Waals surface area contributed by atoms with E-state index >= 15 is 0 Å². The highest BCUT2D eigenvalue weighted by atomic mass is 16.1. The largest absolute Gasteiger partial charge is 0.299 e. The lowest BCUT2D eigenvalue weighted by molar-refractivity contribution is 0.112. The maximum Gasteiger partial charge on any atom is 0.170 e. The predicted octanol–water partition coefficient (Wildman–Crippen LogP) is 2.52. The summed E-state index contributed by atoms with van der Waals surface area (Å²) in [5.41, 5.74) is 3.27. The number of carbonyl (C=O) groups excluding carboxylic acids is 1. The third-order valence-electron chi connectivity index (χ3n) is 2.86. The zero-order valence-electron chi connectivity index (χ0n) is 9.87. The molecule has 4 heteroatoms. The van der Waals surface area contributed by atoms with Crippen LogP contribution in [0.3, 0.4) is 0 Å². The Labute approximate surface area is 104 Å². The number of carbonyl (C=O) groups is 1. The van der Waals surface area contributed by atoms with E-state index in [2.05, 4.69) is 9.97 Å². The van der Waals surface area contributed by atoms with E-state index in [0.717, 1.165) is 28.8 Å². The van der Waals surface area contributed by atoms with Crippen LogP contribution in [0.1, 0.15) is 16.1 Å². The molecule has 0 unspecified atom stereocenters. The molecular formula is C14H11N3O. The van der Waals surface area contributed by atoms with Crippen molar-refractivity contribution < 1.29 is 4.79 Å². The number of aldehydes is 1. The van der Waals surface area contributed by atoms with Crippen molar-refractivity contribution in [1.82, 2.24) is 14.4 Å². The molecule has 0 fully saturated rings. The molecule has 3 aromatic rings. The van der Waals surface area contributed by atoms with Crippen LogP contribution >= 0.6 is 0 Å². The zero-order valence-corrected chi connectivity index (χ0v) is 9.87. The SMILES string of the molecule is Cc1ccn2c(-c3cccnc3)nc(C=O)c2c1. The lowest BCUT2D eigenvalue weighted by Gasteiger charge is -2.01. The van der Waals surface area contributed by atoms with E-state index in [1.54, 1.807) is 12.4 Å². The van der Waals surface area contributed by atoms with Crippen molar-refractivity contribution in [2.45, 2.75) is 6.92 Å². The average molecular weight is 237 g/mol. The van der Waals surface area contributed by atoms with Gasteiger partial charge >= 0.3 is 0 Å². The number of aromatic nitrogens is 3.